The molecule has 25 heavy (non-hydrogen) atoms. The van der Waals surface area contributed by atoms with Crippen LogP contribution in [0.25, 0.3) is 11.4 Å². The molecular formula is C19H24N4O2. The Morgan fingerprint density at radius 1 is 1.20 bits per heavy atom. The number of carbonyl (C=O) groups is 1. The van der Waals surface area contributed by atoms with E-state index in [-0.39, 0.29) is 5.91 Å². The summed E-state index contributed by atoms with van der Waals surface area (Å²) in [6.07, 6.45) is 3.76. The number of ether oxygens (including phenoxy) is 1. The Hall–Kier alpha value is -2.47. The van der Waals surface area contributed by atoms with Crippen LogP contribution in [0.2, 0.25) is 0 Å². The fourth-order valence-electron chi connectivity index (χ4n) is 2.84. The standard InChI is InChI=1S/C19H24N4O2/c1-2-20-17-7-10-21-18(23-17)15-3-5-16(6-4-15)19(24)22-13-14-8-11-25-12-9-14/h3-7,10,14H,2,8-9,11-13H2,1H3,(H,22,24)(H,20,21,23). The summed E-state index contributed by atoms with van der Waals surface area (Å²) >= 11 is 0. The Morgan fingerprint density at radius 2 is 1.96 bits per heavy atom. The quantitative estimate of drug-likeness (QED) is 0.845. The lowest BCUT2D eigenvalue weighted by atomic mass is 10.0. The van der Waals surface area contributed by atoms with E-state index in [9.17, 15) is 4.79 Å². The number of hydrogen-bond acceptors (Lipinski definition) is 5. The molecule has 6 nitrogen and oxygen atoms in total. The normalized spacial score (nSPS) is 14.9. The summed E-state index contributed by atoms with van der Waals surface area (Å²) in [6.45, 7) is 5.12. The summed E-state index contributed by atoms with van der Waals surface area (Å²) in [5.74, 6) is 1.91. The first-order valence-corrected chi connectivity index (χ1v) is 8.79. The van der Waals surface area contributed by atoms with Crippen LogP contribution in [-0.4, -0.2) is 42.2 Å². The van der Waals surface area contributed by atoms with Crippen molar-refractivity contribution >= 4 is 11.7 Å². The molecule has 1 aromatic heterocycles. The number of rotatable bonds is 6. The Bertz CT molecular complexity index is 697. The molecule has 0 radical (unpaired) electrons. The average Bonchev–Trinajstić information content (AvgIpc) is 2.67. The highest BCUT2D eigenvalue weighted by atomic mass is 16.5. The van der Waals surface area contributed by atoms with E-state index in [0.29, 0.717) is 23.9 Å². The highest BCUT2D eigenvalue weighted by molar-refractivity contribution is 5.94. The molecule has 1 saturated heterocycles. The summed E-state index contributed by atoms with van der Waals surface area (Å²) in [5.41, 5.74) is 1.54. The molecule has 0 aliphatic carbocycles. The Morgan fingerprint density at radius 3 is 2.68 bits per heavy atom. The van der Waals surface area contributed by atoms with Gasteiger partial charge in [-0.25, -0.2) is 9.97 Å². The van der Waals surface area contributed by atoms with Crippen LogP contribution < -0.4 is 10.6 Å². The second-order valence-corrected chi connectivity index (χ2v) is 6.14. The van der Waals surface area contributed by atoms with Crippen molar-refractivity contribution in [2.45, 2.75) is 19.8 Å². The topological polar surface area (TPSA) is 76.1 Å². The molecule has 132 valence electrons. The minimum absolute atomic E-state index is 0.0413. The molecule has 1 aromatic carbocycles. The molecule has 0 saturated carbocycles. The van der Waals surface area contributed by atoms with Crippen LogP contribution >= 0.6 is 0 Å². The summed E-state index contributed by atoms with van der Waals surface area (Å²) in [4.78, 5) is 21.1. The lowest BCUT2D eigenvalue weighted by Crippen LogP contribution is -2.32. The summed E-state index contributed by atoms with van der Waals surface area (Å²) in [7, 11) is 0. The van der Waals surface area contributed by atoms with Crippen molar-refractivity contribution in [2.75, 3.05) is 31.6 Å². The Balaban J connectivity index is 1.61. The van der Waals surface area contributed by atoms with Crippen molar-refractivity contribution in [1.29, 1.82) is 0 Å². The number of hydrogen-bond donors (Lipinski definition) is 2. The van der Waals surface area contributed by atoms with Gasteiger partial charge in [-0.3, -0.25) is 4.79 Å². The predicted molar refractivity (Wildman–Crippen MR) is 97.5 cm³/mol. The molecule has 1 fully saturated rings. The van der Waals surface area contributed by atoms with Crippen LogP contribution in [0.15, 0.2) is 36.5 Å². The maximum Gasteiger partial charge on any atom is 0.251 e. The zero-order valence-electron chi connectivity index (χ0n) is 14.5. The maximum atomic E-state index is 12.3. The first-order chi connectivity index (χ1) is 12.3. The van der Waals surface area contributed by atoms with Gasteiger partial charge in [0.25, 0.3) is 5.91 Å². The van der Waals surface area contributed by atoms with E-state index in [1.165, 1.54) is 0 Å². The van der Waals surface area contributed by atoms with Gasteiger partial charge < -0.3 is 15.4 Å². The zero-order chi connectivity index (χ0) is 17.5. The van der Waals surface area contributed by atoms with Crippen molar-refractivity contribution in [3.8, 4) is 11.4 Å². The molecule has 3 rings (SSSR count). The van der Waals surface area contributed by atoms with Gasteiger partial charge in [-0.15, -0.1) is 0 Å². The minimum atomic E-state index is -0.0413. The van der Waals surface area contributed by atoms with Gasteiger partial charge in [-0.2, -0.15) is 0 Å². The molecular weight excluding hydrogens is 316 g/mol. The van der Waals surface area contributed by atoms with E-state index in [4.69, 9.17) is 4.74 Å². The van der Waals surface area contributed by atoms with Gasteiger partial charge in [0.15, 0.2) is 5.82 Å². The van der Waals surface area contributed by atoms with Gasteiger partial charge in [0.2, 0.25) is 0 Å². The van der Waals surface area contributed by atoms with E-state index in [0.717, 1.165) is 44.0 Å². The number of nitrogens with zero attached hydrogens (tertiary/aromatic N) is 2. The zero-order valence-corrected chi connectivity index (χ0v) is 14.5. The number of carbonyl (C=O) groups excluding carboxylic acids is 1. The summed E-state index contributed by atoms with van der Waals surface area (Å²) < 4.78 is 5.34. The summed E-state index contributed by atoms with van der Waals surface area (Å²) in [6, 6.07) is 9.24. The van der Waals surface area contributed by atoms with Gasteiger partial charge in [-0.05, 0) is 43.9 Å². The SMILES string of the molecule is CCNc1ccnc(-c2ccc(C(=O)NCC3CCOCC3)cc2)n1. The lowest BCUT2D eigenvalue weighted by Gasteiger charge is -2.22. The third kappa shape index (κ3) is 4.76. The van der Waals surface area contributed by atoms with Crippen LogP contribution in [0.1, 0.15) is 30.1 Å². The van der Waals surface area contributed by atoms with E-state index in [1.54, 1.807) is 6.20 Å². The van der Waals surface area contributed by atoms with Gasteiger partial charge in [0, 0.05) is 43.6 Å². The van der Waals surface area contributed by atoms with E-state index in [2.05, 4.69) is 20.6 Å². The van der Waals surface area contributed by atoms with Crippen molar-refractivity contribution in [1.82, 2.24) is 15.3 Å². The molecule has 2 heterocycles. The molecule has 0 unspecified atom stereocenters. The van der Waals surface area contributed by atoms with E-state index in [1.807, 2.05) is 37.3 Å². The van der Waals surface area contributed by atoms with Crippen LogP contribution in [0.3, 0.4) is 0 Å². The van der Waals surface area contributed by atoms with Crippen LogP contribution in [0.4, 0.5) is 5.82 Å². The van der Waals surface area contributed by atoms with Gasteiger partial charge >= 0.3 is 0 Å². The molecule has 6 heteroatoms. The molecule has 0 atom stereocenters. The Kier molecular flexibility index (Phi) is 5.95. The van der Waals surface area contributed by atoms with Gasteiger partial charge in [0.05, 0.1) is 0 Å². The van der Waals surface area contributed by atoms with Crippen molar-refractivity contribution in [2.24, 2.45) is 5.92 Å². The third-order valence-electron chi connectivity index (χ3n) is 4.31. The first-order valence-electron chi connectivity index (χ1n) is 8.79. The Labute approximate surface area is 148 Å². The number of aromatic nitrogens is 2. The highest BCUT2D eigenvalue weighted by Crippen LogP contribution is 2.18. The van der Waals surface area contributed by atoms with Crippen molar-refractivity contribution in [3.05, 3.63) is 42.1 Å². The molecule has 2 N–H and O–H groups in total. The fraction of sp³-hybridized carbons (Fsp3) is 0.421. The highest BCUT2D eigenvalue weighted by Gasteiger charge is 2.15. The molecule has 1 amide bonds. The number of amides is 1. The van der Waals surface area contributed by atoms with Gasteiger partial charge in [0.1, 0.15) is 5.82 Å². The van der Waals surface area contributed by atoms with Crippen LogP contribution in [0.5, 0.6) is 0 Å². The average molecular weight is 340 g/mol. The third-order valence-corrected chi connectivity index (χ3v) is 4.31. The first kappa shape index (κ1) is 17.4. The molecule has 2 aromatic rings. The second-order valence-electron chi connectivity index (χ2n) is 6.14. The molecule has 1 aliphatic rings. The minimum Gasteiger partial charge on any atom is -0.381 e. The van der Waals surface area contributed by atoms with Gasteiger partial charge in [-0.1, -0.05) is 12.1 Å². The second kappa shape index (κ2) is 8.58. The molecule has 1 aliphatic heterocycles. The number of nitrogens with one attached hydrogen (secondary N) is 2. The number of anilines is 1. The smallest absolute Gasteiger partial charge is 0.251 e. The monoisotopic (exact) mass is 340 g/mol. The molecule has 0 bridgehead atoms. The van der Waals surface area contributed by atoms with Crippen LogP contribution in [0, 0.1) is 5.92 Å². The predicted octanol–water partition coefficient (Wildman–Crippen LogP) is 2.73. The van der Waals surface area contributed by atoms with Crippen molar-refractivity contribution in [3.63, 3.8) is 0 Å². The number of benzene rings is 1. The van der Waals surface area contributed by atoms with Crippen LogP contribution in [-0.2, 0) is 4.74 Å². The fourth-order valence-corrected chi connectivity index (χ4v) is 2.84. The van der Waals surface area contributed by atoms with E-state index < -0.39 is 0 Å². The lowest BCUT2D eigenvalue weighted by molar-refractivity contribution is 0.0642. The largest absolute Gasteiger partial charge is 0.381 e. The van der Waals surface area contributed by atoms with Crippen molar-refractivity contribution < 1.29 is 9.53 Å². The summed E-state index contributed by atoms with van der Waals surface area (Å²) in [5, 5.41) is 6.19. The molecule has 0 spiro atoms. The maximum absolute atomic E-state index is 12.3. The van der Waals surface area contributed by atoms with E-state index >= 15 is 0 Å².